The lowest BCUT2D eigenvalue weighted by atomic mass is 9.92. The van der Waals surface area contributed by atoms with Gasteiger partial charge in [0.1, 0.15) is 53.0 Å². The van der Waals surface area contributed by atoms with Crippen molar-refractivity contribution in [1.82, 2.24) is 24.8 Å². The van der Waals surface area contributed by atoms with Crippen LogP contribution >= 0.6 is 0 Å². The monoisotopic (exact) mass is 677 g/mol. The molecular weight excluding hydrogens is 640 g/mol. The van der Waals surface area contributed by atoms with Crippen molar-refractivity contribution >= 4 is 33.3 Å². The van der Waals surface area contributed by atoms with Gasteiger partial charge in [-0.05, 0) is 66.8 Å². The number of phenols is 1. The lowest BCUT2D eigenvalue weighted by Crippen LogP contribution is -2.43. The molecule has 0 saturated carbocycles. The molecule has 2 aromatic carbocycles. The molecule has 3 aliphatic rings. The molecule has 1 atom stereocenters. The van der Waals surface area contributed by atoms with E-state index >= 15 is 8.78 Å². The first kappa shape index (κ1) is 31.9. The smallest absolute Gasteiger partial charge is 0.319 e. The second-order valence-corrected chi connectivity index (χ2v) is 13.5. The summed E-state index contributed by atoms with van der Waals surface area (Å²) in [7, 11) is 0. The molecule has 0 amide bonds. The highest BCUT2D eigenvalue weighted by Crippen LogP contribution is 2.46. The number of aromatic nitrogens is 4. The van der Waals surface area contributed by atoms with E-state index in [2.05, 4.69) is 28.0 Å². The summed E-state index contributed by atoms with van der Waals surface area (Å²) in [6, 6.07) is 9.17. The van der Waals surface area contributed by atoms with Crippen LogP contribution in [0.3, 0.4) is 0 Å². The van der Waals surface area contributed by atoms with E-state index in [1.807, 2.05) is 30.9 Å². The number of pyridine rings is 2. The molecule has 6 heterocycles. The van der Waals surface area contributed by atoms with Crippen molar-refractivity contribution in [2.45, 2.75) is 44.7 Å². The first-order valence-electron chi connectivity index (χ1n) is 16.7. The Morgan fingerprint density at radius 3 is 2.60 bits per heavy atom. The molecule has 12 heteroatoms. The van der Waals surface area contributed by atoms with Crippen LogP contribution in [0, 0.1) is 11.6 Å². The third-order valence-electron chi connectivity index (χ3n) is 10.2. The molecule has 3 N–H and O–H groups in total. The number of anilines is 2. The van der Waals surface area contributed by atoms with Crippen molar-refractivity contribution in [2.24, 2.45) is 0 Å². The molecule has 1 unspecified atom stereocenters. The van der Waals surface area contributed by atoms with E-state index in [9.17, 15) is 5.11 Å². The number of halogens is 2. The number of hydrogen-bond acceptors (Lipinski definition) is 10. The molecule has 0 spiro atoms. The van der Waals surface area contributed by atoms with Crippen molar-refractivity contribution in [1.29, 1.82) is 0 Å². The summed E-state index contributed by atoms with van der Waals surface area (Å²) in [5.74, 6) is -0.480. The Labute approximate surface area is 287 Å². The highest BCUT2D eigenvalue weighted by atomic mass is 19.1. The Bertz CT molecular complexity index is 2220. The van der Waals surface area contributed by atoms with Crippen LogP contribution in [-0.4, -0.2) is 68.3 Å². The van der Waals surface area contributed by atoms with Gasteiger partial charge in [-0.25, -0.2) is 18.7 Å². The average Bonchev–Trinajstić information content (AvgIpc) is 3.47. The zero-order chi connectivity index (χ0) is 34.9. The standard InChI is InChI=1S/C38H37F2N7O3/c1-5-25-28(39)9-8-23-13-24(48)14-27(29(23)25)32-31(40)33-30-35(45-37(44-33)50-19-38-15-20(2)17-46(38)18-21(3)16-38)47(11-12-49-36(30)43-32)22(4)26-7-6-10-42-34(26)41/h6-10,13-14,22,48H,2-3,5,11-12,15-19H2,1,4H3,(H2,41,42). The number of rotatable bonds is 7. The van der Waals surface area contributed by atoms with Gasteiger partial charge >= 0.3 is 6.01 Å². The quantitative estimate of drug-likeness (QED) is 0.181. The molecule has 3 aliphatic heterocycles. The van der Waals surface area contributed by atoms with E-state index in [1.54, 1.807) is 12.3 Å². The van der Waals surface area contributed by atoms with Crippen molar-refractivity contribution in [2.75, 3.05) is 43.5 Å². The Kier molecular flexibility index (Phi) is 7.59. The van der Waals surface area contributed by atoms with Crippen LogP contribution < -0.4 is 20.1 Å². The van der Waals surface area contributed by atoms with E-state index in [4.69, 9.17) is 25.2 Å². The number of aryl methyl sites for hydroxylation is 1. The molecule has 50 heavy (non-hydrogen) atoms. The van der Waals surface area contributed by atoms with Gasteiger partial charge in [-0.15, -0.1) is 0 Å². The predicted molar refractivity (Wildman–Crippen MR) is 188 cm³/mol. The molecule has 0 bridgehead atoms. The van der Waals surface area contributed by atoms with Crippen LogP contribution in [0.4, 0.5) is 20.4 Å². The van der Waals surface area contributed by atoms with Crippen LogP contribution in [-0.2, 0) is 6.42 Å². The Morgan fingerprint density at radius 1 is 1.08 bits per heavy atom. The number of ether oxygens (including phenoxy) is 2. The fourth-order valence-corrected chi connectivity index (χ4v) is 8.02. The van der Waals surface area contributed by atoms with Crippen LogP contribution in [0.5, 0.6) is 17.6 Å². The summed E-state index contributed by atoms with van der Waals surface area (Å²) < 4.78 is 45.0. The topological polar surface area (TPSA) is 123 Å². The summed E-state index contributed by atoms with van der Waals surface area (Å²) in [6.07, 6.45) is 3.46. The van der Waals surface area contributed by atoms with Gasteiger partial charge in [-0.2, -0.15) is 9.97 Å². The third-order valence-corrected chi connectivity index (χ3v) is 10.2. The number of phenolic OH excluding ortho intramolecular Hbond substituents is 1. The lowest BCUT2D eigenvalue weighted by Gasteiger charge is -2.31. The SMILES string of the molecule is C=C1CN2CC(=C)CC2(COc2nc3c4c(nc(-c5cc(O)cc6ccc(F)c(CC)c56)c(F)c4n2)OCCN3C(C)c2cccnc2N)C1. The second kappa shape index (κ2) is 11.9. The van der Waals surface area contributed by atoms with Gasteiger partial charge in [0.2, 0.25) is 5.88 Å². The fourth-order valence-electron chi connectivity index (χ4n) is 8.02. The maximum Gasteiger partial charge on any atom is 0.319 e. The zero-order valence-electron chi connectivity index (χ0n) is 28.0. The highest BCUT2D eigenvalue weighted by molar-refractivity contribution is 6.03. The first-order chi connectivity index (χ1) is 24.1. The average molecular weight is 678 g/mol. The number of hydrogen-bond donors (Lipinski definition) is 2. The maximum atomic E-state index is 17.2. The molecule has 0 radical (unpaired) electrons. The molecular formula is C38H37F2N7O3. The number of benzene rings is 2. The molecule has 2 saturated heterocycles. The number of fused-ring (bicyclic) bond motifs is 2. The normalized spacial score (nSPS) is 17.6. The van der Waals surface area contributed by atoms with Crippen molar-refractivity contribution in [3.8, 4) is 28.9 Å². The number of nitrogens with zero attached hydrogens (tertiary/aromatic N) is 6. The van der Waals surface area contributed by atoms with Crippen molar-refractivity contribution in [3.63, 3.8) is 0 Å². The molecule has 256 valence electrons. The Balaban J connectivity index is 1.34. The van der Waals surface area contributed by atoms with Crippen LogP contribution in [0.25, 0.3) is 32.9 Å². The summed E-state index contributed by atoms with van der Waals surface area (Å²) >= 11 is 0. The van der Waals surface area contributed by atoms with Crippen LogP contribution in [0.15, 0.2) is 66.9 Å². The van der Waals surface area contributed by atoms with Crippen LogP contribution in [0.1, 0.15) is 43.9 Å². The van der Waals surface area contributed by atoms with E-state index < -0.39 is 11.6 Å². The van der Waals surface area contributed by atoms with E-state index in [1.165, 1.54) is 18.2 Å². The molecule has 0 aliphatic carbocycles. The number of nitrogen functional groups attached to an aromatic ring is 1. The summed E-state index contributed by atoms with van der Waals surface area (Å²) in [5.41, 5.74) is 9.37. The molecule has 10 nitrogen and oxygen atoms in total. The van der Waals surface area contributed by atoms with E-state index in [0.29, 0.717) is 40.9 Å². The molecule has 5 aromatic rings. The zero-order valence-corrected chi connectivity index (χ0v) is 28.0. The predicted octanol–water partition coefficient (Wildman–Crippen LogP) is 6.67. The number of nitrogens with two attached hydrogens (primary N) is 1. The minimum absolute atomic E-state index is 0.0156. The second-order valence-electron chi connectivity index (χ2n) is 13.5. The summed E-state index contributed by atoms with van der Waals surface area (Å²) in [5, 5.41) is 12.0. The third kappa shape index (κ3) is 5.08. The Morgan fingerprint density at radius 2 is 1.86 bits per heavy atom. The maximum absolute atomic E-state index is 17.2. The van der Waals surface area contributed by atoms with Crippen molar-refractivity contribution in [3.05, 3.63) is 89.7 Å². The van der Waals surface area contributed by atoms with Gasteiger partial charge in [0.25, 0.3) is 0 Å². The van der Waals surface area contributed by atoms with Gasteiger partial charge in [0, 0.05) is 30.4 Å². The fraction of sp³-hybridized carbons (Fsp3) is 0.316. The largest absolute Gasteiger partial charge is 0.508 e. The molecule has 8 rings (SSSR count). The van der Waals surface area contributed by atoms with Gasteiger partial charge in [0.15, 0.2) is 5.82 Å². The summed E-state index contributed by atoms with van der Waals surface area (Å²) in [4.78, 5) is 22.8. The van der Waals surface area contributed by atoms with E-state index in [0.717, 1.165) is 42.6 Å². The van der Waals surface area contributed by atoms with Gasteiger partial charge in [-0.3, -0.25) is 4.90 Å². The van der Waals surface area contributed by atoms with Gasteiger partial charge in [0.05, 0.1) is 18.1 Å². The molecule has 3 aromatic heterocycles. The summed E-state index contributed by atoms with van der Waals surface area (Å²) in [6.45, 7) is 14.5. The minimum Gasteiger partial charge on any atom is -0.508 e. The van der Waals surface area contributed by atoms with E-state index in [-0.39, 0.29) is 64.6 Å². The lowest BCUT2D eigenvalue weighted by molar-refractivity contribution is 0.108. The van der Waals surface area contributed by atoms with Gasteiger partial charge in [-0.1, -0.05) is 43.4 Å². The first-order valence-corrected chi connectivity index (χ1v) is 16.7. The Hall–Kier alpha value is -5.36. The van der Waals surface area contributed by atoms with Gasteiger partial charge < -0.3 is 25.2 Å². The highest BCUT2D eigenvalue weighted by Gasteiger charge is 2.48. The number of aromatic hydroxyl groups is 1. The minimum atomic E-state index is -0.780. The van der Waals surface area contributed by atoms with Crippen molar-refractivity contribution < 1.29 is 23.4 Å². The van der Waals surface area contributed by atoms with Crippen LogP contribution in [0.2, 0.25) is 0 Å². The molecule has 2 fully saturated rings.